The SMILES string of the molecule is C/C=C\C1=C(C)C(=O)N(C)C1.CC. The predicted molar refractivity (Wildman–Crippen MR) is 56.5 cm³/mol. The van der Waals surface area contributed by atoms with Gasteiger partial charge in [-0.3, -0.25) is 4.79 Å². The molecule has 1 aliphatic rings. The molecule has 0 saturated carbocycles. The molecule has 0 radical (unpaired) electrons. The summed E-state index contributed by atoms with van der Waals surface area (Å²) >= 11 is 0. The Morgan fingerprint density at radius 3 is 2.23 bits per heavy atom. The molecule has 0 fully saturated rings. The second kappa shape index (κ2) is 5.57. The van der Waals surface area contributed by atoms with Crippen molar-refractivity contribution in [3.63, 3.8) is 0 Å². The topological polar surface area (TPSA) is 20.3 Å². The summed E-state index contributed by atoms with van der Waals surface area (Å²) in [5.74, 6) is 0.151. The molecule has 0 aliphatic carbocycles. The predicted octanol–water partition coefficient (Wildman–Crippen LogP) is 2.38. The van der Waals surface area contributed by atoms with E-state index >= 15 is 0 Å². The molecule has 2 nitrogen and oxygen atoms in total. The third kappa shape index (κ3) is 2.72. The number of allylic oxidation sites excluding steroid dienone is 1. The highest BCUT2D eigenvalue weighted by Gasteiger charge is 2.21. The first kappa shape index (κ1) is 11.9. The number of carbonyl (C=O) groups is 1. The first-order valence-electron chi connectivity index (χ1n) is 4.74. The Morgan fingerprint density at radius 2 is 1.92 bits per heavy atom. The number of amides is 1. The first-order valence-corrected chi connectivity index (χ1v) is 4.74. The molecule has 1 aliphatic heterocycles. The van der Waals surface area contributed by atoms with E-state index in [0.29, 0.717) is 0 Å². The number of likely N-dealkylation sites (N-methyl/N-ethyl adjacent to an activating group) is 1. The monoisotopic (exact) mass is 181 g/mol. The lowest BCUT2D eigenvalue weighted by Gasteiger charge is -2.06. The summed E-state index contributed by atoms with van der Waals surface area (Å²) < 4.78 is 0. The van der Waals surface area contributed by atoms with Crippen molar-refractivity contribution in [3.05, 3.63) is 23.3 Å². The summed E-state index contributed by atoms with van der Waals surface area (Å²) in [7, 11) is 1.82. The van der Waals surface area contributed by atoms with Gasteiger partial charge < -0.3 is 4.90 Å². The molecule has 1 heterocycles. The summed E-state index contributed by atoms with van der Waals surface area (Å²) in [6.07, 6.45) is 3.96. The molecular weight excluding hydrogens is 162 g/mol. The molecule has 1 rings (SSSR count). The molecule has 0 N–H and O–H groups in total. The summed E-state index contributed by atoms with van der Waals surface area (Å²) in [4.78, 5) is 13.0. The zero-order valence-corrected chi connectivity index (χ0v) is 9.22. The van der Waals surface area contributed by atoms with E-state index in [2.05, 4.69) is 0 Å². The Hall–Kier alpha value is -1.05. The van der Waals surface area contributed by atoms with Crippen LogP contribution in [-0.4, -0.2) is 24.4 Å². The van der Waals surface area contributed by atoms with Crippen LogP contribution in [0.25, 0.3) is 0 Å². The molecule has 13 heavy (non-hydrogen) atoms. The Morgan fingerprint density at radius 1 is 1.38 bits per heavy atom. The van der Waals surface area contributed by atoms with Gasteiger partial charge in [-0.15, -0.1) is 0 Å². The van der Waals surface area contributed by atoms with Gasteiger partial charge in [-0.2, -0.15) is 0 Å². The van der Waals surface area contributed by atoms with E-state index in [0.717, 1.165) is 17.7 Å². The lowest BCUT2D eigenvalue weighted by atomic mass is 10.1. The van der Waals surface area contributed by atoms with Crippen LogP contribution in [0.2, 0.25) is 0 Å². The minimum atomic E-state index is 0.151. The van der Waals surface area contributed by atoms with E-state index in [4.69, 9.17) is 0 Å². The van der Waals surface area contributed by atoms with E-state index in [1.165, 1.54) is 0 Å². The number of carbonyl (C=O) groups excluding carboxylic acids is 1. The van der Waals surface area contributed by atoms with Crippen molar-refractivity contribution in [1.82, 2.24) is 4.90 Å². The molecule has 0 bridgehead atoms. The average Bonchev–Trinajstić information content (AvgIpc) is 2.38. The maximum absolute atomic E-state index is 11.2. The second-order valence-corrected chi connectivity index (χ2v) is 2.81. The highest BCUT2D eigenvalue weighted by atomic mass is 16.2. The molecular formula is C11H19NO. The van der Waals surface area contributed by atoms with Gasteiger partial charge in [-0.25, -0.2) is 0 Å². The van der Waals surface area contributed by atoms with Crippen LogP contribution in [0.4, 0.5) is 0 Å². The summed E-state index contributed by atoms with van der Waals surface area (Å²) in [5.41, 5.74) is 2.02. The van der Waals surface area contributed by atoms with Crippen LogP contribution >= 0.6 is 0 Å². The quantitative estimate of drug-likeness (QED) is 0.608. The average molecular weight is 181 g/mol. The normalized spacial score (nSPS) is 16.7. The fourth-order valence-electron chi connectivity index (χ4n) is 1.25. The van der Waals surface area contributed by atoms with Gasteiger partial charge in [0.1, 0.15) is 0 Å². The number of hydrogen-bond donors (Lipinski definition) is 0. The Kier molecular flexibility index (Phi) is 5.12. The molecule has 0 aromatic carbocycles. The van der Waals surface area contributed by atoms with Gasteiger partial charge in [-0.05, 0) is 19.4 Å². The highest BCUT2D eigenvalue weighted by molar-refractivity contribution is 5.96. The minimum Gasteiger partial charge on any atom is -0.338 e. The molecule has 74 valence electrons. The van der Waals surface area contributed by atoms with Crippen LogP contribution in [0.3, 0.4) is 0 Å². The Bertz CT molecular complexity index is 238. The maximum atomic E-state index is 11.2. The lowest BCUT2D eigenvalue weighted by molar-refractivity contribution is -0.124. The number of hydrogen-bond acceptors (Lipinski definition) is 1. The van der Waals surface area contributed by atoms with Crippen molar-refractivity contribution in [1.29, 1.82) is 0 Å². The summed E-state index contributed by atoms with van der Waals surface area (Å²) in [5, 5.41) is 0. The summed E-state index contributed by atoms with van der Waals surface area (Å²) in [6.45, 7) is 8.60. The second-order valence-electron chi connectivity index (χ2n) is 2.81. The van der Waals surface area contributed by atoms with Gasteiger partial charge in [0.2, 0.25) is 5.91 Å². The zero-order chi connectivity index (χ0) is 10.4. The number of nitrogens with zero attached hydrogens (tertiary/aromatic N) is 1. The van der Waals surface area contributed by atoms with Crippen LogP contribution in [0, 0.1) is 0 Å². The largest absolute Gasteiger partial charge is 0.338 e. The van der Waals surface area contributed by atoms with Crippen molar-refractivity contribution in [2.75, 3.05) is 13.6 Å². The maximum Gasteiger partial charge on any atom is 0.249 e. The fourth-order valence-corrected chi connectivity index (χ4v) is 1.25. The Labute approximate surface area is 80.9 Å². The molecule has 0 aromatic heterocycles. The van der Waals surface area contributed by atoms with E-state index < -0.39 is 0 Å². The zero-order valence-electron chi connectivity index (χ0n) is 9.22. The third-order valence-electron chi connectivity index (χ3n) is 1.92. The van der Waals surface area contributed by atoms with Gasteiger partial charge in [-0.1, -0.05) is 26.0 Å². The molecule has 0 unspecified atom stereocenters. The molecule has 1 amide bonds. The fraction of sp³-hybridized carbons (Fsp3) is 0.545. The highest BCUT2D eigenvalue weighted by Crippen LogP contribution is 2.17. The van der Waals surface area contributed by atoms with Crippen LogP contribution in [0.1, 0.15) is 27.7 Å². The molecule has 0 saturated heterocycles. The van der Waals surface area contributed by atoms with Crippen LogP contribution in [-0.2, 0) is 4.79 Å². The standard InChI is InChI=1S/C9H13NO.C2H6/c1-4-5-8-6-10(3)9(11)7(8)2;1-2/h4-5H,6H2,1-3H3;1-2H3/b5-4-;. The van der Waals surface area contributed by atoms with Crippen LogP contribution in [0.15, 0.2) is 23.3 Å². The third-order valence-corrected chi connectivity index (χ3v) is 1.92. The molecule has 2 heteroatoms. The van der Waals surface area contributed by atoms with Gasteiger partial charge >= 0.3 is 0 Å². The van der Waals surface area contributed by atoms with Gasteiger partial charge in [0.25, 0.3) is 0 Å². The lowest BCUT2D eigenvalue weighted by Crippen LogP contribution is -2.21. The molecule has 0 aromatic rings. The van der Waals surface area contributed by atoms with Gasteiger partial charge in [0, 0.05) is 19.2 Å². The smallest absolute Gasteiger partial charge is 0.249 e. The first-order chi connectivity index (χ1) is 6.16. The van der Waals surface area contributed by atoms with Crippen molar-refractivity contribution in [2.24, 2.45) is 0 Å². The van der Waals surface area contributed by atoms with Crippen molar-refractivity contribution < 1.29 is 4.79 Å². The van der Waals surface area contributed by atoms with E-state index in [1.807, 2.05) is 46.9 Å². The Balaban J connectivity index is 0.000000671. The van der Waals surface area contributed by atoms with E-state index in [-0.39, 0.29) is 5.91 Å². The number of rotatable bonds is 1. The molecule has 0 spiro atoms. The van der Waals surface area contributed by atoms with Crippen LogP contribution < -0.4 is 0 Å². The van der Waals surface area contributed by atoms with Crippen molar-refractivity contribution in [3.8, 4) is 0 Å². The van der Waals surface area contributed by atoms with Gasteiger partial charge in [0.15, 0.2) is 0 Å². The van der Waals surface area contributed by atoms with E-state index in [1.54, 1.807) is 4.90 Å². The van der Waals surface area contributed by atoms with E-state index in [9.17, 15) is 4.79 Å². The van der Waals surface area contributed by atoms with Crippen LogP contribution in [0.5, 0.6) is 0 Å². The summed E-state index contributed by atoms with van der Waals surface area (Å²) in [6, 6.07) is 0. The molecule has 0 atom stereocenters. The minimum absolute atomic E-state index is 0.151. The van der Waals surface area contributed by atoms with Crippen molar-refractivity contribution >= 4 is 5.91 Å². The van der Waals surface area contributed by atoms with Crippen molar-refractivity contribution in [2.45, 2.75) is 27.7 Å². The van der Waals surface area contributed by atoms with Gasteiger partial charge in [0.05, 0.1) is 0 Å².